The summed E-state index contributed by atoms with van der Waals surface area (Å²) < 4.78 is 4.82. The summed E-state index contributed by atoms with van der Waals surface area (Å²) in [7, 11) is 0. The molecule has 2 aromatic rings. The number of hydrogen-bond donors (Lipinski definition) is 3. The summed E-state index contributed by atoms with van der Waals surface area (Å²) >= 11 is 0. The van der Waals surface area contributed by atoms with Gasteiger partial charge in [-0.1, -0.05) is 0 Å². The number of ether oxygens (including phenoxy) is 1. The van der Waals surface area contributed by atoms with Crippen LogP contribution in [0, 0.1) is 0 Å². The molecule has 0 amide bonds. The van der Waals surface area contributed by atoms with Gasteiger partial charge in [0.15, 0.2) is 0 Å². The van der Waals surface area contributed by atoms with E-state index in [2.05, 4.69) is 10.2 Å². The number of hydrogen-bond acceptors (Lipinski definition) is 7. The van der Waals surface area contributed by atoms with E-state index in [9.17, 15) is 19.8 Å². The van der Waals surface area contributed by atoms with E-state index >= 15 is 0 Å². The summed E-state index contributed by atoms with van der Waals surface area (Å²) in [4.78, 5) is 22.7. The lowest BCUT2D eigenvalue weighted by molar-refractivity contribution is 0.0522. The molecule has 2 rings (SSSR count). The molecule has 0 aliphatic rings. The molecular formula is C16H14N2O6. The van der Waals surface area contributed by atoms with E-state index in [1.807, 2.05) is 0 Å². The van der Waals surface area contributed by atoms with Gasteiger partial charge < -0.3 is 20.1 Å². The number of azo groups is 1. The van der Waals surface area contributed by atoms with Gasteiger partial charge in [0.1, 0.15) is 22.6 Å². The molecule has 0 atom stereocenters. The second kappa shape index (κ2) is 7.23. The van der Waals surface area contributed by atoms with Crippen molar-refractivity contribution in [2.45, 2.75) is 6.92 Å². The summed E-state index contributed by atoms with van der Waals surface area (Å²) in [5.41, 5.74) is 0.117. The Kier molecular flexibility index (Phi) is 5.10. The monoisotopic (exact) mass is 330 g/mol. The molecule has 8 heteroatoms. The largest absolute Gasteiger partial charge is 0.507 e. The van der Waals surface area contributed by atoms with Gasteiger partial charge in [0.25, 0.3) is 0 Å². The van der Waals surface area contributed by atoms with Crippen molar-refractivity contribution in [2.75, 3.05) is 6.61 Å². The fraction of sp³-hybridized carbons (Fsp3) is 0.125. The highest BCUT2D eigenvalue weighted by molar-refractivity contribution is 5.93. The first-order chi connectivity index (χ1) is 11.4. The molecule has 0 heterocycles. The lowest BCUT2D eigenvalue weighted by atomic mass is 10.2. The zero-order valence-corrected chi connectivity index (χ0v) is 12.6. The first kappa shape index (κ1) is 16.9. The van der Waals surface area contributed by atoms with Gasteiger partial charge in [-0.05, 0) is 43.3 Å². The van der Waals surface area contributed by atoms with E-state index in [1.165, 1.54) is 30.3 Å². The van der Waals surface area contributed by atoms with Crippen LogP contribution in [0.5, 0.6) is 11.5 Å². The van der Waals surface area contributed by atoms with Crippen LogP contribution in [0.15, 0.2) is 46.6 Å². The van der Waals surface area contributed by atoms with Gasteiger partial charge in [-0.15, -0.1) is 0 Å². The number of nitrogens with zero attached hydrogens (tertiary/aromatic N) is 2. The number of phenolic OH excluding ortho intramolecular Hbond substituents is 1. The van der Waals surface area contributed by atoms with Crippen LogP contribution in [0.1, 0.15) is 27.6 Å². The highest BCUT2D eigenvalue weighted by atomic mass is 16.5. The molecule has 3 N–H and O–H groups in total. The Hall–Kier alpha value is -3.42. The molecule has 0 saturated heterocycles. The fourth-order valence-electron chi connectivity index (χ4n) is 1.83. The topological polar surface area (TPSA) is 129 Å². The summed E-state index contributed by atoms with van der Waals surface area (Å²) in [6.45, 7) is 1.80. The number of carboxylic acid groups (broad SMARTS) is 1. The predicted octanol–water partition coefficient (Wildman–Crippen LogP) is 3.39. The molecule has 0 fully saturated rings. The molecule has 0 spiro atoms. The Morgan fingerprint density at radius 3 is 1.96 bits per heavy atom. The van der Waals surface area contributed by atoms with Gasteiger partial charge in [-0.25, -0.2) is 9.59 Å². The highest BCUT2D eigenvalue weighted by Crippen LogP contribution is 2.27. The third-order valence-electron chi connectivity index (χ3n) is 2.97. The van der Waals surface area contributed by atoms with Gasteiger partial charge >= 0.3 is 11.9 Å². The fourth-order valence-corrected chi connectivity index (χ4v) is 1.83. The molecule has 0 bridgehead atoms. The minimum atomic E-state index is -1.29. The van der Waals surface area contributed by atoms with E-state index in [-0.39, 0.29) is 40.6 Å². The number of carbonyl (C=O) groups is 2. The maximum atomic E-state index is 11.7. The van der Waals surface area contributed by atoms with E-state index in [0.29, 0.717) is 0 Å². The quantitative estimate of drug-likeness (QED) is 0.569. The number of aromatic carboxylic acids is 1. The van der Waals surface area contributed by atoms with Crippen LogP contribution >= 0.6 is 0 Å². The van der Waals surface area contributed by atoms with Gasteiger partial charge in [0.05, 0.1) is 18.0 Å². The maximum Gasteiger partial charge on any atom is 0.341 e. The van der Waals surface area contributed by atoms with E-state index in [0.717, 1.165) is 6.07 Å². The number of esters is 1. The molecular weight excluding hydrogens is 316 g/mol. The lowest BCUT2D eigenvalue weighted by Crippen LogP contribution is -2.04. The number of phenols is 2. The molecule has 0 aliphatic heterocycles. The van der Waals surface area contributed by atoms with Crippen molar-refractivity contribution in [2.24, 2.45) is 10.2 Å². The Morgan fingerprint density at radius 1 is 0.958 bits per heavy atom. The van der Waals surface area contributed by atoms with Crippen LogP contribution in [0.4, 0.5) is 11.4 Å². The average molecular weight is 330 g/mol. The van der Waals surface area contributed by atoms with Crippen molar-refractivity contribution in [1.29, 1.82) is 0 Å². The van der Waals surface area contributed by atoms with Crippen molar-refractivity contribution in [1.82, 2.24) is 0 Å². The molecule has 0 aliphatic carbocycles. The summed E-state index contributed by atoms with van der Waals surface area (Å²) in [6, 6.07) is 7.75. The third kappa shape index (κ3) is 3.86. The molecule has 124 valence electrons. The highest BCUT2D eigenvalue weighted by Gasteiger charge is 2.13. The Bertz CT molecular complexity index is 816. The van der Waals surface area contributed by atoms with Crippen molar-refractivity contribution in [3.63, 3.8) is 0 Å². The molecule has 0 radical (unpaired) electrons. The minimum absolute atomic E-state index is 0.0507. The van der Waals surface area contributed by atoms with E-state index < -0.39 is 11.9 Å². The van der Waals surface area contributed by atoms with Crippen LogP contribution in [0.25, 0.3) is 0 Å². The summed E-state index contributed by atoms with van der Waals surface area (Å²) in [5, 5.41) is 35.8. The average Bonchev–Trinajstić information content (AvgIpc) is 2.55. The van der Waals surface area contributed by atoms with Crippen LogP contribution in [0.2, 0.25) is 0 Å². The summed E-state index contributed by atoms with van der Waals surface area (Å²) in [5.74, 6) is -2.61. The number of aromatic hydroxyl groups is 2. The zero-order valence-electron chi connectivity index (χ0n) is 12.6. The second-order valence-electron chi connectivity index (χ2n) is 4.63. The molecule has 2 aromatic carbocycles. The van der Waals surface area contributed by atoms with Gasteiger partial charge in [0, 0.05) is 0 Å². The van der Waals surface area contributed by atoms with Crippen LogP contribution in [-0.4, -0.2) is 33.9 Å². The zero-order chi connectivity index (χ0) is 17.7. The predicted molar refractivity (Wildman–Crippen MR) is 83.3 cm³/mol. The molecule has 0 unspecified atom stereocenters. The normalized spacial score (nSPS) is 10.7. The molecule has 0 saturated carbocycles. The standard InChI is InChI=1S/C16H14N2O6/c1-2-24-16(23)12-8-10(4-6-14(12)20)18-17-9-3-5-13(19)11(7-9)15(21)22/h3-8,19-20H,2H2,1H3,(H,21,22). The van der Waals surface area contributed by atoms with Gasteiger partial charge in [-0.3, -0.25) is 0 Å². The first-order valence-corrected chi connectivity index (χ1v) is 6.90. The van der Waals surface area contributed by atoms with Crippen LogP contribution < -0.4 is 0 Å². The van der Waals surface area contributed by atoms with Crippen LogP contribution in [0.3, 0.4) is 0 Å². The lowest BCUT2D eigenvalue weighted by Gasteiger charge is -2.04. The van der Waals surface area contributed by atoms with Crippen molar-refractivity contribution < 1.29 is 29.6 Å². The maximum absolute atomic E-state index is 11.7. The molecule has 24 heavy (non-hydrogen) atoms. The molecule has 0 aromatic heterocycles. The number of carbonyl (C=O) groups excluding carboxylic acids is 1. The third-order valence-corrected chi connectivity index (χ3v) is 2.97. The molecule has 8 nitrogen and oxygen atoms in total. The summed E-state index contributed by atoms with van der Waals surface area (Å²) in [6.07, 6.45) is 0. The van der Waals surface area contributed by atoms with Gasteiger partial charge in [0.2, 0.25) is 0 Å². The second-order valence-corrected chi connectivity index (χ2v) is 4.63. The SMILES string of the molecule is CCOC(=O)c1cc(N=Nc2ccc(O)c(C(=O)O)c2)ccc1O. The number of benzene rings is 2. The Labute approximate surface area is 136 Å². The van der Waals surface area contributed by atoms with Crippen molar-refractivity contribution >= 4 is 23.3 Å². The van der Waals surface area contributed by atoms with Gasteiger partial charge in [-0.2, -0.15) is 10.2 Å². The number of rotatable bonds is 5. The Balaban J connectivity index is 2.29. The smallest absolute Gasteiger partial charge is 0.341 e. The van der Waals surface area contributed by atoms with E-state index in [4.69, 9.17) is 9.84 Å². The van der Waals surface area contributed by atoms with Crippen molar-refractivity contribution in [3.05, 3.63) is 47.5 Å². The van der Waals surface area contributed by atoms with E-state index in [1.54, 1.807) is 6.92 Å². The first-order valence-electron chi connectivity index (χ1n) is 6.90. The van der Waals surface area contributed by atoms with Crippen molar-refractivity contribution in [3.8, 4) is 11.5 Å². The number of carboxylic acids is 1. The Morgan fingerprint density at radius 2 is 1.46 bits per heavy atom. The van der Waals surface area contributed by atoms with Crippen LogP contribution in [-0.2, 0) is 4.74 Å². The minimum Gasteiger partial charge on any atom is -0.507 e.